The van der Waals surface area contributed by atoms with Crippen LogP contribution < -0.4 is 5.32 Å². The van der Waals surface area contributed by atoms with Gasteiger partial charge in [0.05, 0.1) is 0 Å². The van der Waals surface area contributed by atoms with Crippen molar-refractivity contribution in [2.45, 2.75) is 38.7 Å². The molecule has 0 spiro atoms. The molecule has 1 N–H and O–H groups in total. The fourth-order valence-electron chi connectivity index (χ4n) is 2.78. The molecule has 0 aromatic heterocycles. The molecule has 1 saturated heterocycles. The van der Waals surface area contributed by atoms with Gasteiger partial charge in [-0.05, 0) is 17.0 Å². The number of rotatable bonds is 5. The van der Waals surface area contributed by atoms with E-state index in [1.165, 1.54) is 5.56 Å². The van der Waals surface area contributed by atoms with Crippen LogP contribution in [0.4, 0.5) is 8.78 Å². The zero-order valence-electron chi connectivity index (χ0n) is 12.7. The lowest BCUT2D eigenvalue weighted by molar-refractivity contribution is 0.0739. The van der Waals surface area contributed by atoms with Crippen molar-refractivity contribution in [1.82, 2.24) is 10.2 Å². The summed E-state index contributed by atoms with van der Waals surface area (Å²) in [7, 11) is 0. The minimum atomic E-state index is -2.27. The molecule has 1 fully saturated rings. The Bertz CT molecular complexity index is 420. The van der Waals surface area contributed by atoms with Gasteiger partial charge < -0.3 is 5.32 Å². The Balaban J connectivity index is 0.00000220. The molecule has 2 nitrogen and oxygen atoms in total. The summed E-state index contributed by atoms with van der Waals surface area (Å²) in [5.41, 5.74) is 2.25. The molecule has 1 aromatic rings. The molecule has 0 amide bonds. The van der Waals surface area contributed by atoms with Crippen LogP contribution in [0.3, 0.4) is 0 Å². The van der Waals surface area contributed by atoms with Crippen LogP contribution in [0.2, 0.25) is 0 Å². The van der Waals surface area contributed by atoms with Gasteiger partial charge in [0.15, 0.2) is 0 Å². The number of hydrogen-bond acceptors (Lipinski definition) is 2. The van der Waals surface area contributed by atoms with Gasteiger partial charge >= 0.3 is 0 Å². The number of nitrogens with zero attached hydrogens (tertiary/aromatic N) is 1. The van der Waals surface area contributed by atoms with Gasteiger partial charge in [0.25, 0.3) is 0 Å². The summed E-state index contributed by atoms with van der Waals surface area (Å²) < 4.78 is 25.9. The standard InChI is InChI=1S/C16H24F2N2.ClH/c1-12(2)13-4-3-5-14(10-13)15(11-16(17)18)20-8-6-19-7-9-20;/h3-5,10,12,15-16,19H,6-9,11H2,1-2H3;1H/t15-;/m0./s1. The van der Waals surface area contributed by atoms with Gasteiger partial charge in [0, 0.05) is 38.6 Å². The smallest absolute Gasteiger partial charge is 0.240 e. The molecule has 21 heavy (non-hydrogen) atoms. The highest BCUT2D eigenvalue weighted by Gasteiger charge is 2.25. The van der Waals surface area contributed by atoms with Gasteiger partial charge in [-0.25, -0.2) is 8.78 Å². The highest BCUT2D eigenvalue weighted by atomic mass is 35.5. The highest BCUT2D eigenvalue weighted by Crippen LogP contribution is 2.29. The molecular formula is C16H25ClF2N2. The van der Waals surface area contributed by atoms with Crippen LogP contribution in [0, 0.1) is 0 Å². The largest absolute Gasteiger partial charge is 0.314 e. The molecule has 2 rings (SSSR count). The molecular weight excluding hydrogens is 294 g/mol. The average Bonchev–Trinajstić information content (AvgIpc) is 2.45. The van der Waals surface area contributed by atoms with E-state index in [1.54, 1.807) is 0 Å². The van der Waals surface area contributed by atoms with E-state index in [4.69, 9.17) is 0 Å². The van der Waals surface area contributed by atoms with Gasteiger partial charge in [0.2, 0.25) is 6.43 Å². The van der Waals surface area contributed by atoms with E-state index in [2.05, 4.69) is 36.2 Å². The summed E-state index contributed by atoms with van der Waals surface area (Å²) in [5.74, 6) is 0.421. The third kappa shape index (κ3) is 5.20. The van der Waals surface area contributed by atoms with E-state index in [0.29, 0.717) is 5.92 Å². The van der Waals surface area contributed by atoms with Crippen molar-refractivity contribution in [3.05, 3.63) is 35.4 Å². The second-order valence-electron chi connectivity index (χ2n) is 5.75. The van der Waals surface area contributed by atoms with Crippen molar-refractivity contribution < 1.29 is 8.78 Å². The van der Waals surface area contributed by atoms with Gasteiger partial charge in [-0.2, -0.15) is 0 Å². The molecule has 0 aliphatic carbocycles. The maximum Gasteiger partial charge on any atom is 0.240 e. The quantitative estimate of drug-likeness (QED) is 0.887. The van der Waals surface area contributed by atoms with Crippen LogP contribution in [0.15, 0.2) is 24.3 Å². The highest BCUT2D eigenvalue weighted by molar-refractivity contribution is 5.85. The zero-order chi connectivity index (χ0) is 14.5. The van der Waals surface area contributed by atoms with E-state index in [9.17, 15) is 8.78 Å². The lowest BCUT2D eigenvalue weighted by atomic mass is 9.95. The van der Waals surface area contributed by atoms with E-state index in [-0.39, 0.29) is 24.9 Å². The number of halogens is 3. The molecule has 1 aliphatic rings. The summed E-state index contributed by atoms with van der Waals surface area (Å²) in [5, 5.41) is 3.27. The molecule has 1 atom stereocenters. The Morgan fingerprint density at radius 3 is 2.33 bits per heavy atom. The Morgan fingerprint density at radius 2 is 1.76 bits per heavy atom. The lowest BCUT2D eigenvalue weighted by Gasteiger charge is -2.35. The van der Waals surface area contributed by atoms with E-state index < -0.39 is 6.43 Å². The number of benzene rings is 1. The molecule has 1 aromatic carbocycles. The number of nitrogens with one attached hydrogen (secondary N) is 1. The number of hydrogen-bond donors (Lipinski definition) is 1. The minimum absolute atomic E-state index is 0. The molecule has 0 radical (unpaired) electrons. The molecule has 5 heteroatoms. The van der Waals surface area contributed by atoms with E-state index in [1.807, 2.05) is 12.1 Å². The average molecular weight is 319 g/mol. The fraction of sp³-hybridized carbons (Fsp3) is 0.625. The molecule has 1 aliphatic heterocycles. The predicted molar refractivity (Wildman–Crippen MR) is 85.6 cm³/mol. The zero-order valence-corrected chi connectivity index (χ0v) is 13.5. The van der Waals surface area contributed by atoms with Gasteiger partial charge in [-0.3, -0.25) is 4.90 Å². The van der Waals surface area contributed by atoms with Crippen LogP contribution in [0.5, 0.6) is 0 Å². The second kappa shape index (κ2) is 8.66. The molecule has 1 heterocycles. The van der Waals surface area contributed by atoms with Crippen LogP contribution in [0.25, 0.3) is 0 Å². The van der Waals surface area contributed by atoms with Gasteiger partial charge in [0.1, 0.15) is 0 Å². The second-order valence-corrected chi connectivity index (χ2v) is 5.75. The van der Waals surface area contributed by atoms with Gasteiger partial charge in [-0.15, -0.1) is 12.4 Å². The first kappa shape index (κ1) is 18.3. The first-order valence-corrected chi connectivity index (χ1v) is 7.40. The molecule has 120 valence electrons. The fourth-order valence-corrected chi connectivity index (χ4v) is 2.78. The van der Waals surface area contributed by atoms with Crippen molar-refractivity contribution in [2.24, 2.45) is 0 Å². The molecule has 0 saturated carbocycles. The normalized spacial score (nSPS) is 17.8. The summed E-state index contributed by atoms with van der Waals surface area (Å²) in [6.07, 6.45) is -2.35. The lowest BCUT2D eigenvalue weighted by Crippen LogP contribution is -2.45. The Morgan fingerprint density at radius 1 is 1.14 bits per heavy atom. The molecule has 0 unspecified atom stereocenters. The maximum atomic E-state index is 12.9. The summed E-state index contributed by atoms with van der Waals surface area (Å²) in [6.45, 7) is 7.69. The van der Waals surface area contributed by atoms with Gasteiger partial charge in [-0.1, -0.05) is 38.1 Å². The predicted octanol–water partition coefficient (Wildman–Crippen LogP) is 3.83. The summed E-state index contributed by atoms with van der Waals surface area (Å²) in [4.78, 5) is 2.18. The van der Waals surface area contributed by atoms with E-state index in [0.717, 1.165) is 31.7 Å². The minimum Gasteiger partial charge on any atom is -0.314 e. The van der Waals surface area contributed by atoms with Crippen molar-refractivity contribution >= 4 is 12.4 Å². The van der Waals surface area contributed by atoms with Crippen LogP contribution in [0.1, 0.15) is 43.4 Å². The monoisotopic (exact) mass is 318 g/mol. The number of alkyl halides is 2. The van der Waals surface area contributed by atoms with Crippen LogP contribution in [-0.4, -0.2) is 37.5 Å². The number of piperazine rings is 1. The summed E-state index contributed by atoms with van der Waals surface area (Å²) >= 11 is 0. The Hall–Kier alpha value is -0.710. The third-order valence-electron chi connectivity index (χ3n) is 3.96. The third-order valence-corrected chi connectivity index (χ3v) is 3.96. The maximum absolute atomic E-state index is 12.9. The van der Waals surface area contributed by atoms with Crippen molar-refractivity contribution in [3.63, 3.8) is 0 Å². The van der Waals surface area contributed by atoms with Crippen molar-refractivity contribution in [2.75, 3.05) is 26.2 Å². The van der Waals surface area contributed by atoms with E-state index >= 15 is 0 Å². The first-order valence-electron chi connectivity index (χ1n) is 7.40. The Labute approximate surface area is 132 Å². The SMILES string of the molecule is CC(C)c1cccc([C@H](CC(F)F)N2CCNCC2)c1.Cl. The van der Waals surface area contributed by atoms with Crippen molar-refractivity contribution in [3.8, 4) is 0 Å². The Kier molecular flexibility index (Phi) is 7.57. The summed E-state index contributed by atoms with van der Waals surface area (Å²) in [6, 6.07) is 7.98. The topological polar surface area (TPSA) is 15.3 Å². The first-order chi connectivity index (χ1) is 9.58. The van der Waals surface area contributed by atoms with Crippen molar-refractivity contribution in [1.29, 1.82) is 0 Å². The van der Waals surface area contributed by atoms with Crippen LogP contribution in [-0.2, 0) is 0 Å². The molecule has 0 bridgehead atoms. The van der Waals surface area contributed by atoms with Crippen LogP contribution >= 0.6 is 12.4 Å².